The minimum absolute atomic E-state index is 0.302. The number of ether oxygens (including phenoxy) is 1. The van der Waals surface area contributed by atoms with Gasteiger partial charge in [0.05, 0.1) is 5.76 Å². The van der Waals surface area contributed by atoms with Crippen molar-refractivity contribution in [3.8, 4) is 0 Å². The number of allylic oxidation sites excluding steroid dienone is 4. The van der Waals surface area contributed by atoms with E-state index in [2.05, 4.69) is 70.2 Å². The van der Waals surface area contributed by atoms with Gasteiger partial charge >= 0.3 is 0 Å². The lowest BCUT2D eigenvalue weighted by Crippen LogP contribution is -2.07. The highest BCUT2D eigenvalue weighted by atomic mass is 16.5. The molecule has 1 aromatic rings. The van der Waals surface area contributed by atoms with Crippen LogP contribution in [0.15, 0.2) is 59.4 Å². The number of hydrogen-bond acceptors (Lipinski definition) is 1. The molecule has 0 radical (unpaired) electrons. The lowest BCUT2D eigenvalue weighted by atomic mass is 9.94. The van der Waals surface area contributed by atoms with E-state index >= 15 is 0 Å². The zero-order valence-electron chi connectivity index (χ0n) is 14.3. The number of hydrogen-bond donors (Lipinski definition) is 0. The highest BCUT2D eigenvalue weighted by Crippen LogP contribution is 2.38. The van der Waals surface area contributed by atoms with E-state index in [1.165, 1.54) is 16.7 Å². The van der Waals surface area contributed by atoms with Gasteiger partial charge in [-0.15, -0.1) is 0 Å². The SMILES string of the molecule is C/C=C1\CC(O/C(C)=C/c2ccccc2)CC1/C(C)=C\CC. The van der Waals surface area contributed by atoms with Gasteiger partial charge in [-0.05, 0) is 45.3 Å². The predicted octanol–water partition coefficient (Wildman–Crippen LogP) is 6.15. The summed E-state index contributed by atoms with van der Waals surface area (Å²) in [6.45, 7) is 8.67. The maximum Gasteiger partial charge on any atom is 0.103 e. The molecule has 1 saturated carbocycles. The second-order valence-electron chi connectivity index (χ2n) is 6.12. The van der Waals surface area contributed by atoms with E-state index in [-0.39, 0.29) is 0 Å². The molecule has 2 rings (SSSR count). The van der Waals surface area contributed by atoms with E-state index in [1.807, 2.05) is 6.07 Å². The van der Waals surface area contributed by atoms with Crippen LogP contribution >= 0.6 is 0 Å². The third-order valence-electron chi connectivity index (χ3n) is 4.38. The van der Waals surface area contributed by atoms with Crippen LogP contribution in [0.5, 0.6) is 0 Å². The first kappa shape index (κ1) is 16.6. The molecule has 0 heterocycles. The Balaban J connectivity index is 2.03. The molecule has 2 atom stereocenters. The van der Waals surface area contributed by atoms with Gasteiger partial charge in [-0.1, -0.05) is 60.6 Å². The van der Waals surface area contributed by atoms with E-state index in [1.54, 1.807) is 0 Å². The molecule has 2 unspecified atom stereocenters. The monoisotopic (exact) mass is 296 g/mol. The first-order valence-electron chi connectivity index (χ1n) is 8.35. The zero-order chi connectivity index (χ0) is 15.9. The minimum Gasteiger partial charge on any atom is -0.495 e. The summed E-state index contributed by atoms with van der Waals surface area (Å²) in [6, 6.07) is 10.4. The van der Waals surface area contributed by atoms with Crippen molar-refractivity contribution in [2.75, 3.05) is 0 Å². The van der Waals surface area contributed by atoms with E-state index in [9.17, 15) is 0 Å². The first-order chi connectivity index (χ1) is 10.6. The Kier molecular flexibility index (Phi) is 6.06. The van der Waals surface area contributed by atoms with Gasteiger partial charge in [-0.3, -0.25) is 0 Å². The van der Waals surface area contributed by atoms with E-state index < -0.39 is 0 Å². The third-order valence-corrected chi connectivity index (χ3v) is 4.38. The molecule has 0 N–H and O–H groups in total. The summed E-state index contributed by atoms with van der Waals surface area (Å²) in [5.41, 5.74) is 4.22. The largest absolute Gasteiger partial charge is 0.495 e. The average molecular weight is 296 g/mol. The highest BCUT2D eigenvalue weighted by molar-refractivity contribution is 5.50. The molecule has 0 saturated heterocycles. The minimum atomic E-state index is 0.302. The highest BCUT2D eigenvalue weighted by Gasteiger charge is 2.30. The van der Waals surface area contributed by atoms with Crippen LogP contribution in [-0.4, -0.2) is 6.10 Å². The van der Waals surface area contributed by atoms with Gasteiger partial charge in [-0.25, -0.2) is 0 Å². The van der Waals surface area contributed by atoms with Gasteiger partial charge in [0.1, 0.15) is 6.10 Å². The molecule has 1 aliphatic rings. The third kappa shape index (κ3) is 4.37. The van der Waals surface area contributed by atoms with Crippen LogP contribution in [0.25, 0.3) is 6.08 Å². The van der Waals surface area contributed by atoms with Crippen molar-refractivity contribution in [3.63, 3.8) is 0 Å². The topological polar surface area (TPSA) is 9.23 Å². The molecule has 118 valence electrons. The summed E-state index contributed by atoms with van der Waals surface area (Å²) < 4.78 is 6.20. The van der Waals surface area contributed by atoms with Crippen molar-refractivity contribution in [1.82, 2.24) is 0 Å². The fourth-order valence-electron chi connectivity index (χ4n) is 3.34. The molecule has 0 aliphatic heterocycles. The Morgan fingerprint density at radius 1 is 1.23 bits per heavy atom. The van der Waals surface area contributed by atoms with Gasteiger partial charge in [0.15, 0.2) is 0 Å². The summed E-state index contributed by atoms with van der Waals surface area (Å²) in [5, 5.41) is 0. The van der Waals surface area contributed by atoms with Crippen LogP contribution in [-0.2, 0) is 4.74 Å². The maximum absolute atomic E-state index is 6.20. The second kappa shape index (κ2) is 8.03. The van der Waals surface area contributed by atoms with Gasteiger partial charge in [0.25, 0.3) is 0 Å². The lowest BCUT2D eigenvalue weighted by molar-refractivity contribution is 0.125. The molecule has 0 aromatic heterocycles. The predicted molar refractivity (Wildman–Crippen MR) is 95.5 cm³/mol. The van der Waals surface area contributed by atoms with E-state index in [4.69, 9.17) is 4.74 Å². The Morgan fingerprint density at radius 2 is 1.95 bits per heavy atom. The van der Waals surface area contributed by atoms with Crippen LogP contribution in [0.3, 0.4) is 0 Å². The smallest absolute Gasteiger partial charge is 0.103 e. The molecule has 1 nitrogen and oxygen atoms in total. The quantitative estimate of drug-likeness (QED) is 0.468. The Labute approximate surface area is 135 Å². The molecule has 0 spiro atoms. The van der Waals surface area contributed by atoms with Gasteiger partial charge in [0.2, 0.25) is 0 Å². The molecule has 1 fully saturated rings. The average Bonchev–Trinajstić information content (AvgIpc) is 2.91. The Morgan fingerprint density at radius 3 is 2.59 bits per heavy atom. The molecule has 22 heavy (non-hydrogen) atoms. The standard InChI is InChI=1S/C21H28O/c1-5-10-16(3)21-15-20(14-19(21)6-2)22-17(4)13-18-11-8-7-9-12-18/h6-13,20-21H,5,14-15H2,1-4H3/b16-10-,17-13+,19-6+. The van der Waals surface area contributed by atoms with Crippen molar-refractivity contribution in [2.24, 2.45) is 5.92 Å². The van der Waals surface area contributed by atoms with Gasteiger partial charge in [0, 0.05) is 12.3 Å². The van der Waals surface area contributed by atoms with Crippen LogP contribution in [0.2, 0.25) is 0 Å². The summed E-state index contributed by atoms with van der Waals surface area (Å²) >= 11 is 0. The number of rotatable bonds is 5. The van der Waals surface area contributed by atoms with Crippen molar-refractivity contribution in [1.29, 1.82) is 0 Å². The van der Waals surface area contributed by atoms with E-state index in [0.29, 0.717) is 12.0 Å². The molecule has 0 amide bonds. The van der Waals surface area contributed by atoms with Crippen molar-refractivity contribution in [3.05, 3.63) is 65.0 Å². The molecular formula is C21H28O. The first-order valence-corrected chi connectivity index (χ1v) is 8.35. The molecular weight excluding hydrogens is 268 g/mol. The molecule has 1 aromatic carbocycles. The fraction of sp³-hybridized carbons (Fsp3) is 0.429. The van der Waals surface area contributed by atoms with Crippen LogP contribution < -0.4 is 0 Å². The van der Waals surface area contributed by atoms with Crippen LogP contribution in [0, 0.1) is 5.92 Å². The Bertz CT molecular complexity index is 563. The zero-order valence-corrected chi connectivity index (χ0v) is 14.3. The van der Waals surface area contributed by atoms with E-state index in [0.717, 1.165) is 25.0 Å². The van der Waals surface area contributed by atoms with Gasteiger partial charge < -0.3 is 4.74 Å². The molecule has 1 aliphatic carbocycles. The molecule has 0 bridgehead atoms. The Hall–Kier alpha value is -1.76. The number of benzene rings is 1. The lowest BCUT2D eigenvalue weighted by Gasteiger charge is -2.15. The second-order valence-corrected chi connectivity index (χ2v) is 6.12. The summed E-state index contributed by atoms with van der Waals surface area (Å²) in [4.78, 5) is 0. The van der Waals surface area contributed by atoms with Crippen molar-refractivity contribution in [2.45, 2.75) is 53.1 Å². The summed E-state index contributed by atoms with van der Waals surface area (Å²) in [5.74, 6) is 1.57. The molecule has 1 heteroatoms. The fourth-order valence-corrected chi connectivity index (χ4v) is 3.34. The van der Waals surface area contributed by atoms with Crippen LogP contribution in [0.4, 0.5) is 0 Å². The van der Waals surface area contributed by atoms with Gasteiger partial charge in [-0.2, -0.15) is 0 Å². The van der Waals surface area contributed by atoms with Crippen molar-refractivity contribution >= 4 is 6.08 Å². The van der Waals surface area contributed by atoms with Crippen LogP contribution in [0.1, 0.15) is 52.5 Å². The summed E-state index contributed by atoms with van der Waals surface area (Å²) in [6.07, 6.45) is 10.3. The normalized spacial score (nSPS) is 24.8. The maximum atomic E-state index is 6.20. The van der Waals surface area contributed by atoms with Crippen molar-refractivity contribution < 1.29 is 4.74 Å². The summed E-state index contributed by atoms with van der Waals surface area (Å²) in [7, 11) is 0.